The molecule has 0 spiro atoms. The van der Waals surface area contributed by atoms with Gasteiger partial charge in [0.1, 0.15) is 0 Å². The van der Waals surface area contributed by atoms with Gasteiger partial charge in [-0.2, -0.15) is 9.29 Å². The van der Waals surface area contributed by atoms with Crippen LogP contribution in [0, 0.1) is 0 Å². The molecule has 0 saturated carbocycles. The molecular formula is C22H24N4O4S2. The molecular weight excluding hydrogens is 448 g/mol. The fourth-order valence-corrected chi connectivity index (χ4v) is 6.50. The van der Waals surface area contributed by atoms with E-state index in [9.17, 15) is 13.2 Å². The summed E-state index contributed by atoms with van der Waals surface area (Å²) in [6.45, 7) is 2.42. The summed E-state index contributed by atoms with van der Waals surface area (Å²) in [6.07, 6.45) is 3.56. The summed E-state index contributed by atoms with van der Waals surface area (Å²) < 4.78 is 32.5. The van der Waals surface area contributed by atoms with E-state index < -0.39 is 10.0 Å². The molecule has 0 bridgehead atoms. The highest BCUT2D eigenvalue weighted by Crippen LogP contribution is 2.29. The van der Waals surface area contributed by atoms with Gasteiger partial charge in [0.25, 0.3) is 5.91 Å². The maximum atomic E-state index is 12.7. The predicted octanol–water partition coefficient (Wildman–Crippen LogP) is 3.60. The Bertz CT molecular complexity index is 1180. The molecule has 10 heteroatoms. The molecule has 2 aromatic heterocycles. The van der Waals surface area contributed by atoms with E-state index in [1.807, 2.05) is 22.4 Å². The molecule has 0 radical (unpaired) electrons. The van der Waals surface area contributed by atoms with Crippen molar-refractivity contribution >= 4 is 27.3 Å². The van der Waals surface area contributed by atoms with Gasteiger partial charge in [0.15, 0.2) is 0 Å². The number of carbonyl (C=O) groups excluding carboxylic acids is 1. The summed E-state index contributed by atoms with van der Waals surface area (Å²) >= 11 is 1.45. The van der Waals surface area contributed by atoms with Crippen LogP contribution in [-0.4, -0.2) is 59.8 Å². The van der Waals surface area contributed by atoms with Crippen molar-refractivity contribution < 1.29 is 17.7 Å². The summed E-state index contributed by atoms with van der Waals surface area (Å²) in [5, 5.41) is 6.01. The van der Waals surface area contributed by atoms with Crippen LogP contribution in [0.1, 0.15) is 47.2 Å². The average Bonchev–Trinajstić information content (AvgIpc) is 3.61. The Balaban J connectivity index is 1.30. The summed E-state index contributed by atoms with van der Waals surface area (Å²) in [6, 6.07) is 10.3. The normalized spacial score (nSPS) is 20.0. The van der Waals surface area contributed by atoms with Crippen LogP contribution in [-0.2, 0) is 10.0 Å². The Hall–Kier alpha value is -2.56. The number of sulfonamides is 1. The molecule has 3 aromatic rings. The van der Waals surface area contributed by atoms with E-state index >= 15 is 0 Å². The maximum Gasteiger partial charge on any atom is 0.263 e. The number of amides is 1. The van der Waals surface area contributed by atoms with Crippen LogP contribution in [0.25, 0.3) is 11.4 Å². The van der Waals surface area contributed by atoms with Gasteiger partial charge < -0.3 is 9.42 Å². The highest BCUT2D eigenvalue weighted by atomic mass is 32.2. The van der Waals surface area contributed by atoms with Crippen LogP contribution in [0.5, 0.6) is 0 Å². The van der Waals surface area contributed by atoms with Crippen LogP contribution in [0.4, 0.5) is 0 Å². The second kappa shape index (κ2) is 8.76. The number of piperidine rings is 1. The first-order valence-corrected chi connectivity index (χ1v) is 13.1. The minimum absolute atomic E-state index is 0.0104. The number of likely N-dealkylation sites (tertiary alicyclic amines) is 1. The van der Waals surface area contributed by atoms with Crippen LogP contribution in [0.15, 0.2) is 51.2 Å². The van der Waals surface area contributed by atoms with Crippen LogP contribution in [0.2, 0.25) is 0 Å². The van der Waals surface area contributed by atoms with Gasteiger partial charge in [0.2, 0.25) is 21.7 Å². The quantitative estimate of drug-likeness (QED) is 0.563. The molecule has 168 valence electrons. The van der Waals surface area contributed by atoms with Crippen molar-refractivity contribution in [3.05, 3.63) is 52.5 Å². The topological polar surface area (TPSA) is 96.6 Å². The molecule has 1 aromatic carbocycles. The van der Waals surface area contributed by atoms with E-state index in [-0.39, 0.29) is 16.7 Å². The Morgan fingerprint density at radius 3 is 2.56 bits per heavy atom. The summed E-state index contributed by atoms with van der Waals surface area (Å²) in [5.74, 6) is 0.965. The van der Waals surface area contributed by atoms with Crippen LogP contribution >= 0.6 is 11.3 Å². The molecule has 4 heterocycles. The van der Waals surface area contributed by atoms with Gasteiger partial charge in [0.05, 0.1) is 15.7 Å². The molecule has 1 amide bonds. The van der Waals surface area contributed by atoms with Crippen molar-refractivity contribution in [1.82, 2.24) is 19.3 Å². The van der Waals surface area contributed by atoms with Crippen molar-refractivity contribution in [1.29, 1.82) is 0 Å². The lowest BCUT2D eigenvalue weighted by Crippen LogP contribution is -2.38. The molecule has 5 rings (SSSR count). The number of nitrogens with zero attached hydrogens (tertiary/aromatic N) is 4. The smallest absolute Gasteiger partial charge is 0.263 e. The van der Waals surface area contributed by atoms with Gasteiger partial charge in [-0.15, -0.1) is 11.3 Å². The van der Waals surface area contributed by atoms with Crippen molar-refractivity contribution in [3.8, 4) is 11.4 Å². The highest BCUT2D eigenvalue weighted by molar-refractivity contribution is 7.89. The molecule has 1 atom stereocenters. The Morgan fingerprint density at radius 1 is 1.06 bits per heavy atom. The number of hydrogen-bond donors (Lipinski definition) is 0. The van der Waals surface area contributed by atoms with Crippen molar-refractivity contribution in [2.24, 2.45) is 0 Å². The number of hydrogen-bond acceptors (Lipinski definition) is 7. The third-order valence-electron chi connectivity index (χ3n) is 6.05. The highest BCUT2D eigenvalue weighted by Gasteiger charge is 2.30. The van der Waals surface area contributed by atoms with Gasteiger partial charge in [-0.25, -0.2) is 8.42 Å². The zero-order chi connectivity index (χ0) is 22.1. The second-order valence-corrected chi connectivity index (χ2v) is 11.0. The number of thiophene rings is 1. The molecule has 2 aliphatic rings. The number of benzene rings is 1. The first kappa shape index (κ1) is 21.3. The number of carbonyl (C=O) groups is 1. The standard InChI is InChI=1S/C22H24N4O4S2/c27-22(19-6-4-14-31-19)25-11-3-5-17(15-25)21-23-20(24-30-21)16-7-9-18(10-8-16)32(28,29)26-12-1-2-13-26/h4,6-10,14,17H,1-3,5,11-13,15H2/t17-/m0/s1. The number of aromatic nitrogens is 2. The van der Waals surface area contributed by atoms with Gasteiger partial charge in [-0.1, -0.05) is 11.2 Å². The molecule has 2 fully saturated rings. The third-order valence-corrected chi connectivity index (χ3v) is 8.82. The van der Waals surface area contributed by atoms with E-state index in [1.54, 1.807) is 24.3 Å². The van der Waals surface area contributed by atoms with Crippen LogP contribution < -0.4 is 0 Å². The monoisotopic (exact) mass is 472 g/mol. The molecule has 32 heavy (non-hydrogen) atoms. The third kappa shape index (κ3) is 4.10. The lowest BCUT2D eigenvalue weighted by molar-refractivity contribution is 0.0700. The molecule has 8 nitrogen and oxygen atoms in total. The zero-order valence-electron chi connectivity index (χ0n) is 17.5. The fraction of sp³-hybridized carbons (Fsp3) is 0.409. The van der Waals surface area contributed by atoms with Gasteiger partial charge in [-0.3, -0.25) is 4.79 Å². The van der Waals surface area contributed by atoms with Crippen molar-refractivity contribution in [2.45, 2.75) is 36.5 Å². The lowest BCUT2D eigenvalue weighted by atomic mass is 9.98. The van der Waals surface area contributed by atoms with E-state index in [2.05, 4.69) is 10.1 Å². The predicted molar refractivity (Wildman–Crippen MR) is 120 cm³/mol. The van der Waals surface area contributed by atoms with Gasteiger partial charge in [-0.05, 0) is 61.4 Å². The Labute approximate surface area is 190 Å². The largest absolute Gasteiger partial charge is 0.339 e. The van der Waals surface area contributed by atoms with Crippen molar-refractivity contribution in [3.63, 3.8) is 0 Å². The molecule has 0 aliphatic carbocycles. The van der Waals surface area contributed by atoms with E-state index in [1.165, 1.54) is 15.6 Å². The SMILES string of the molecule is O=C(c1cccs1)N1CCC[C@H](c2nc(-c3ccc(S(=O)(=O)N4CCCC4)cc3)no2)C1. The van der Waals surface area contributed by atoms with E-state index in [0.29, 0.717) is 36.9 Å². The second-order valence-electron chi connectivity index (χ2n) is 8.16. The maximum absolute atomic E-state index is 12.7. The molecule has 2 saturated heterocycles. The van der Waals surface area contributed by atoms with Gasteiger partial charge in [0, 0.05) is 31.7 Å². The lowest BCUT2D eigenvalue weighted by Gasteiger charge is -2.30. The van der Waals surface area contributed by atoms with Gasteiger partial charge >= 0.3 is 0 Å². The zero-order valence-corrected chi connectivity index (χ0v) is 19.1. The summed E-state index contributed by atoms with van der Waals surface area (Å²) in [4.78, 5) is 20.1. The summed E-state index contributed by atoms with van der Waals surface area (Å²) in [7, 11) is -3.45. The minimum atomic E-state index is -3.45. The number of rotatable bonds is 5. The van der Waals surface area contributed by atoms with Crippen molar-refractivity contribution in [2.75, 3.05) is 26.2 Å². The first-order valence-electron chi connectivity index (χ1n) is 10.8. The summed E-state index contributed by atoms with van der Waals surface area (Å²) in [5.41, 5.74) is 0.697. The van der Waals surface area contributed by atoms with Crippen LogP contribution in [0.3, 0.4) is 0 Å². The average molecular weight is 473 g/mol. The molecule has 2 aliphatic heterocycles. The minimum Gasteiger partial charge on any atom is -0.339 e. The Kier molecular flexibility index (Phi) is 5.83. The first-order chi connectivity index (χ1) is 15.5. The Morgan fingerprint density at radius 2 is 1.84 bits per heavy atom. The van der Waals surface area contributed by atoms with E-state index in [0.717, 1.165) is 37.1 Å². The van der Waals surface area contributed by atoms with E-state index in [4.69, 9.17) is 4.52 Å². The molecule has 0 N–H and O–H groups in total. The fourth-order valence-electron chi connectivity index (χ4n) is 4.29. The molecule has 0 unspecified atom stereocenters.